The third kappa shape index (κ3) is 4.65. The molecule has 0 spiro atoms. The number of rotatable bonds is 7. The number of thiazole rings is 1. The van der Waals surface area contributed by atoms with Crippen LogP contribution in [0.1, 0.15) is 31.3 Å². The molecule has 0 saturated heterocycles. The van der Waals surface area contributed by atoms with Gasteiger partial charge in [-0.05, 0) is 55.3 Å². The van der Waals surface area contributed by atoms with E-state index >= 15 is 0 Å². The lowest BCUT2D eigenvalue weighted by Crippen LogP contribution is -2.43. The Hall–Kier alpha value is -3.89. The molecule has 0 aliphatic rings. The van der Waals surface area contributed by atoms with Crippen molar-refractivity contribution in [3.63, 3.8) is 0 Å². The number of ketones is 1. The van der Waals surface area contributed by atoms with Gasteiger partial charge in [0.2, 0.25) is 0 Å². The quantitative estimate of drug-likeness (QED) is 0.306. The molecule has 0 aliphatic heterocycles. The number of nitrogens with zero attached hydrogens (tertiary/aromatic N) is 5. The normalized spacial score (nSPS) is 12.2. The molecule has 0 radical (unpaired) electrons. The standard InChI is InChI=1S/C25H22ClN7O2S/c1-13(2)20(14(3)34)30-24(35)21-23-32-31-22(33(23)11-10-27-21)15-4-7-17(8-5-15)28-25-29-18-9-6-16(26)12-19(18)36-25/h4-13,20H,1-3H3,(H,28,29)(H,30,35)/t20-/m0/s1. The SMILES string of the molecule is CC(=O)[C@@H](NC(=O)c1nccn2c(-c3ccc(Nc4nc5ccc(Cl)cc5s4)cc3)nnc12)C(C)C. The average Bonchev–Trinajstić information content (AvgIpc) is 3.45. The van der Waals surface area contributed by atoms with Crippen LogP contribution in [0.2, 0.25) is 5.02 Å². The summed E-state index contributed by atoms with van der Waals surface area (Å²) in [7, 11) is 0. The fraction of sp³-hybridized carbons (Fsp3) is 0.200. The monoisotopic (exact) mass is 519 g/mol. The highest BCUT2D eigenvalue weighted by Gasteiger charge is 2.24. The zero-order chi connectivity index (χ0) is 25.4. The maximum atomic E-state index is 12.9. The van der Waals surface area contributed by atoms with Gasteiger partial charge in [0.25, 0.3) is 5.91 Å². The lowest BCUT2D eigenvalue weighted by molar-refractivity contribution is -0.119. The third-order valence-electron chi connectivity index (χ3n) is 5.68. The van der Waals surface area contributed by atoms with Gasteiger partial charge in [-0.25, -0.2) is 9.97 Å². The van der Waals surface area contributed by atoms with E-state index in [0.29, 0.717) is 16.5 Å². The van der Waals surface area contributed by atoms with E-state index < -0.39 is 11.9 Å². The number of hydrogen-bond acceptors (Lipinski definition) is 8. The van der Waals surface area contributed by atoms with Gasteiger partial charge < -0.3 is 10.6 Å². The molecule has 1 atom stereocenters. The van der Waals surface area contributed by atoms with Crippen molar-refractivity contribution in [2.45, 2.75) is 26.8 Å². The summed E-state index contributed by atoms with van der Waals surface area (Å²) in [5, 5.41) is 16.0. The number of anilines is 2. The van der Waals surface area contributed by atoms with Gasteiger partial charge in [-0.15, -0.1) is 10.2 Å². The van der Waals surface area contributed by atoms with Crippen molar-refractivity contribution in [3.05, 3.63) is 65.6 Å². The van der Waals surface area contributed by atoms with Crippen molar-refractivity contribution in [1.29, 1.82) is 0 Å². The number of carbonyl (C=O) groups is 2. The summed E-state index contributed by atoms with van der Waals surface area (Å²) in [6.07, 6.45) is 3.22. The molecule has 182 valence electrons. The molecule has 5 aromatic rings. The van der Waals surface area contributed by atoms with E-state index in [-0.39, 0.29) is 17.4 Å². The number of aromatic nitrogens is 5. The molecule has 0 fully saturated rings. The summed E-state index contributed by atoms with van der Waals surface area (Å²) in [5.74, 6) is -0.0668. The van der Waals surface area contributed by atoms with E-state index in [9.17, 15) is 9.59 Å². The average molecular weight is 520 g/mol. The van der Waals surface area contributed by atoms with Crippen molar-refractivity contribution >= 4 is 61.3 Å². The predicted octanol–water partition coefficient (Wildman–Crippen LogP) is 5.14. The van der Waals surface area contributed by atoms with Crippen molar-refractivity contribution < 1.29 is 9.59 Å². The number of benzene rings is 2. The Morgan fingerprint density at radius 1 is 1.08 bits per heavy atom. The molecule has 11 heteroatoms. The number of halogens is 1. The molecule has 0 bridgehead atoms. The Labute approximate surface area is 215 Å². The summed E-state index contributed by atoms with van der Waals surface area (Å²) in [4.78, 5) is 33.6. The fourth-order valence-corrected chi connectivity index (χ4v) is 5.07. The van der Waals surface area contributed by atoms with Gasteiger partial charge in [0.1, 0.15) is 0 Å². The van der Waals surface area contributed by atoms with Gasteiger partial charge in [0.05, 0.1) is 16.3 Å². The minimum absolute atomic E-state index is 0.0488. The third-order valence-corrected chi connectivity index (χ3v) is 6.85. The van der Waals surface area contributed by atoms with Gasteiger partial charge >= 0.3 is 0 Å². The molecule has 3 heterocycles. The molecular formula is C25H22ClN7O2S. The molecule has 0 saturated carbocycles. The number of fused-ring (bicyclic) bond motifs is 2. The summed E-state index contributed by atoms with van der Waals surface area (Å²) in [6.45, 7) is 5.21. The van der Waals surface area contributed by atoms with E-state index in [1.54, 1.807) is 10.6 Å². The van der Waals surface area contributed by atoms with Crippen molar-refractivity contribution in [2.75, 3.05) is 5.32 Å². The van der Waals surface area contributed by atoms with Crippen LogP contribution >= 0.6 is 22.9 Å². The predicted molar refractivity (Wildman–Crippen MR) is 141 cm³/mol. The first kappa shape index (κ1) is 23.8. The second kappa shape index (κ2) is 9.63. The van der Waals surface area contributed by atoms with E-state index in [1.807, 2.05) is 56.3 Å². The summed E-state index contributed by atoms with van der Waals surface area (Å²) < 4.78 is 2.72. The number of nitrogens with one attached hydrogen (secondary N) is 2. The van der Waals surface area contributed by atoms with Crippen LogP contribution in [0.4, 0.5) is 10.8 Å². The van der Waals surface area contributed by atoms with Crippen LogP contribution in [0, 0.1) is 5.92 Å². The molecule has 1 amide bonds. The molecular weight excluding hydrogens is 498 g/mol. The molecule has 2 aromatic carbocycles. The lowest BCUT2D eigenvalue weighted by Gasteiger charge is -2.19. The van der Waals surface area contributed by atoms with E-state index in [2.05, 4.69) is 30.8 Å². The lowest BCUT2D eigenvalue weighted by atomic mass is 10.0. The Balaban J connectivity index is 1.39. The van der Waals surface area contributed by atoms with Crippen molar-refractivity contribution in [3.8, 4) is 11.4 Å². The zero-order valence-electron chi connectivity index (χ0n) is 19.7. The molecule has 36 heavy (non-hydrogen) atoms. The Morgan fingerprint density at radius 3 is 2.58 bits per heavy atom. The first-order valence-corrected chi connectivity index (χ1v) is 12.4. The van der Waals surface area contributed by atoms with Crippen LogP contribution in [-0.4, -0.2) is 42.3 Å². The number of carbonyl (C=O) groups excluding carboxylic acids is 2. The molecule has 3 aromatic heterocycles. The van der Waals surface area contributed by atoms with Crippen LogP contribution in [0.5, 0.6) is 0 Å². The van der Waals surface area contributed by atoms with Gasteiger partial charge in [0.15, 0.2) is 28.1 Å². The van der Waals surface area contributed by atoms with Crippen LogP contribution in [0.15, 0.2) is 54.9 Å². The summed E-state index contributed by atoms with van der Waals surface area (Å²) in [5.41, 5.74) is 2.98. The fourth-order valence-electron chi connectivity index (χ4n) is 3.91. The highest BCUT2D eigenvalue weighted by molar-refractivity contribution is 7.22. The van der Waals surface area contributed by atoms with E-state index in [0.717, 1.165) is 26.6 Å². The maximum absolute atomic E-state index is 12.9. The van der Waals surface area contributed by atoms with Crippen LogP contribution in [0.25, 0.3) is 27.3 Å². The van der Waals surface area contributed by atoms with Gasteiger partial charge in [-0.2, -0.15) is 0 Å². The first-order valence-electron chi connectivity index (χ1n) is 11.2. The van der Waals surface area contributed by atoms with Gasteiger partial charge in [-0.3, -0.25) is 14.0 Å². The van der Waals surface area contributed by atoms with E-state index in [1.165, 1.54) is 24.5 Å². The van der Waals surface area contributed by atoms with Gasteiger partial charge in [0, 0.05) is 28.7 Å². The summed E-state index contributed by atoms with van der Waals surface area (Å²) >= 11 is 7.60. The van der Waals surface area contributed by atoms with Crippen molar-refractivity contribution in [1.82, 2.24) is 29.9 Å². The molecule has 2 N–H and O–H groups in total. The highest BCUT2D eigenvalue weighted by atomic mass is 35.5. The second-order valence-corrected chi connectivity index (χ2v) is 10.1. The smallest absolute Gasteiger partial charge is 0.274 e. The molecule has 0 aliphatic carbocycles. The zero-order valence-corrected chi connectivity index (χ0v) is 21.3. The van der Waals surface area contributed by atoms with Crippen LogP contribution in [0.3, 0.4) is 0 Å². The topological polar surface area (TPSA) is 114 Å². The maximum Gasteiger partial charge on any atom is 0.274 e. The molecule has 0 unspecified atom stereocenters. The van der Waals surface area contributed by atoms with E-state index in [4.69, 9.17) is 11.6 Å². The molecule has 5 rings (SSSR count). The minimum Gasteiger partial charge on any atom is -0.341 e. The number of hydrogen-bond donors (Lipinski definition) is 2. The van der Waals surface area contributed by atoms with Crippen LogP contribution < -0.4 is 10.6 Å². The van der Waals surface area contributed by atoms with Gasteiger partial charge in [-0.1, -0.05) is 36.8 Å². The first-order chi connectivity index (χ1) is 17.3. The largest absolute Gasteiger partial charge is 0.341 e. The number of Topliss-reactive ketones (excluding diaryl/α,β-unsaturated/α-hetero) is 1. The Kier molecular flexibility index (Phi) is 6.38. The molecule has 9 nitrogen and oxygen atoms in total. The Morgan fingerprint density at radius 2 is 1.86 bits per heavy atom. The van der Waals surface area contributed by atoms with Crippen molar-refractivity contribution in [2.24, 2.45) is 5.92 Å². The summed E-state index contributed by atoms with van der Waals surface area (Å²) in [6, 6.07) is 12.7. The Bertz CT molecular complexity index is 1590. The number of amides is 1. The minimum atomic E-state index is -0.602. The highest BCUT2D eigenvalue weighted by Crippen LogP contribution is 2.31. The second-order valence-electron chi connectivity index (χ2n) is 8.63. The van der Waals surface area contributed by atoms with Crippen LogP contribution in [-0.2, 0) is 4.79 Å².